The number of carbonyl (C=O) groups excluding carboxylic acids is 1. The van der Waals surface area contributed by atoms with Gasteiger partial charge in [0.05, 0.1) is 40.4 Å². The second kappa shape index (κ2) is 7.95. The fourth-order valence-electron chi connectivity index (χ4n) is 4.62. The monoisotopic (exact) mass is 417 g/mol. The third-order valence-corrected chi connectivity index (χ3v) is 6.31. The van der Waals surface area contributed by atoms with Crippen LogP contribution in [0.5, 0.6) is 0 Å². The normalized spacial score (nSPS) is 21.0. The summed E-state index contributed by atoms with van der Waals surface area (Å²) in [7, 11) is 0. The van der Waals surface area contributed by atoms with Crippen molar-refractivity contribution >= 4 is 23.2 Å². The van der Waals surface area contributed by atoms with Crippen LogP contribution in [0.1, 0.15) is 39.5 Å². The molecule has 2 aliphatic heterocycles. The molecule has 0 unspecified atom stereocenters. The summed E-state index contributed by atoms with van der Waals surface area (Å²) in [4.78, 5) is 21.6. The summed E-state index contributed by atoms with van der Waals surface area (Å²) in [5, 5.41) is 15.3. The highest BCUT2D eigenvalue weighted by Crippen LogP contribution is 2.32. The van der Waals surface area contributed by atoms with E-state index < -0.39 is 5.60 Å². The van der Waals surface area contributed by atoms with Gasteiger partial charge in [-0.3, -0.25) is 9.78 Å². The minimum Gasteiger partial charge on any atom is -0.388 e. The quantitative estimate of drug-likeness (QED) is 0.827. The number of anilines is 1. The van der Waals surface area contributed by atoms with Crippen molar-refractivity contribution in [1.82, 2.24) is 19.7 Å². The molecule has 1 amide bonds. The summed E-state index contributed by atoms with van der Waals surface area (Å²) in [5.74, 6) is 0.202. The van der Waals surface area contributed by atoms with E-state index in [1.54, 1.807) is 37.1 Å². The Morgan fingerprint density at radius 1 is 1.17 bits per heavy atom. The molecule has 1 N–H and O–H groups in total. The van der Waals surface area contributed by atoms with Crippen LogP contribution in [0, 0.1) is 5.92 Å². The maximum Gasteiger partial charge on any atom is 0.226 e. The largest absolute Gasteiger partial charge is 0.388 e. The number of hydrogen-bond donors (Lipinski definition) is 1. The van der Waals surface area contributed by atoms with Gasteiger partial charge in [0.25, 0.3) is 0 Å². The van der Waals surface area contributed by atoms with Crippen LogP contribution in [0.4, 0.5) is 5.69 Å². The maximum absolute atomic E-state index is 13.1. The zero-order valence-electron chi connectivity index (χ0n) is 17.0. The van der Waals surface area contributed by atoms with E-state index in [1.165, 1.54) is 0 Å². The lowest BCUT2D eigenvalue weighted by atomic mass is 9.92. The average molecular weight is 418 g/mol. The van der Waals surface area contributed by atoms with Crippen LogP contribution in [0.3, 0.4) is 0 Å². The van der Waals surface area contributed by atoms with E-state index in [4.69, 9.17) is 11.6 Å². The summed E-state index contributed by atoms with van der Waals surface area (Å²) in [5.41, 5.74) is 1.06. The van der Waals surface area contributed by atoms with E-state index in [0.29, 0.717) is 5.02 Å². The molecule has 2 fully saturated rings. The molecule has 0 radical (unpaired) electrons. The van der Waals surface area contributed by atoms with Crippen LogP contribution < -0.4 is 4.90 Å². The molecule has 1 atom stereocenters. The molecule has 2 aliphatic rings. The smallest absolute Gasteiger partial charge is 0.226 e. The van der Waals surface area contributed by atoms with Gasteiger partial charge >= 0.3 is 0 Å². The Bertz CT molecular complexity index is 870. The zero-order chi connectivity index (χ0) is 20.6. The lowest BCUT2D eigenvalue weighted by Crippen LogP contribution is -2.51. The Balaban J connectivity index is 1.45. The number of rotatable bonds is 4. The number of nitrogens with zero attached hydrogens (tertiary/aromatic N) is 5. The van der Waals surface area contributed by atoms with Crippen molar-refractivity contribution in [2.24, 2.45) is 5.92 Å². The summed E-state index contributed by atoms with van der Waals surface area (Å²) in [6.45, 7) is 5.92. The number of likely N-dealkylation sites (tertiary alicyclic amines) is 1. The predicted molar refractivity (Wildman–Crippen MR) is 112 cm³/mol. The van der Waals surface area contributed by atoms with Gasteiger partial charge < -0.3 is 14.9 Å². The van der Waals surface area contributed by atoms with Crippen molar-refractivity contribution in [2.45, 2.75) is 51.2 Å². The number of amides is 1. The van der Waals surface area contributed by atoms with E-state index >= 15 is 0 Å². The minimum atomic E-state index is -0.859. The molecular formula is C21H28ClN5O2. The molecule has 156 valence electrons. The third-order valence-electron chi connectivity index (χ3n) is 6.11. The van der Waals surface area contributed by atoms with Crippen molar-refractivity contribution in [3.05, 3.63) is 35.9 Å². The Morgan fingerprint density at radius 2 is 1.93 bits per heavy atom. The Labute approximate surface area is 176 Å². The highest BCUT2D eigenvalue weighted by Gasteiger charge is 2.41. The standard InChI is InChI=1S/C21H28ClN5O2/c1-21(2,29)19-4-3-9-26(19)20(28)15-6-10-25(11-7-15)18-13-23-8-5-17(18)27-14-16(22)12-24-27/h5,8,12-15,19,29H,3-4,6-7,9-11H2,1-2H3/t19-/m1/s1. The van der Waals surface area contributed by atoms with Crippen molar-refractivity contribution < 1.29 is 9.90 Å². The molecule has 29 heavy (non-hydrogen) atoms. The minimum absolute atomic E-state index is 0.00784. The number of carbonyl (C=O) groups is 1. The van der Waals surface area contributed by atoms with Gasteiger partial charge in [-0.05, 0) is 45.6 Å². The molecule has 2 saturated heterocycles. The van der Waals surface area contributed by atoms with E-state index in [1.807, 2.05) is 17.2 Å². The average Bonchev–Trinajstić information content (AvgIpc) is 3.37. The van der Waals surface area contributed by atoms with Gasteiger partial charge in [-0.15, -0.1) is 0 Å². The molecule has 0 aromatic carbocycles. The Morgan fingerprint density at radius 3 is 2.59 bits per heavy atom. The van der Waals surface area contributed by atoms with Crippen LogP contribution in [0.25, 0.3) is 5.69 Å². The number of piperidine rings is 1. The number of pyridine rings is 1. The number of halogens is 1. The fourth-order valence-corrected chi connectivity index (χ4v) is 4.75. The van der Waals surface area contributed by atoms with Crippen molar-refractivity contribution in [3.63, 3.8) is 0 Å². The van der Waals surface area contributed by atoms with E-state index in [9.17, 15) is 9.90 Å². The molecule has 0 aliphatic carbocycles. The second-order valence-electron chi connectivity index (χ2n) is 8.57. The lowest BCUT2D eigenvalue weighted by molar-refractivity contribution is -0.141. The van der Waals surface area contributed by atoms with Crippen LogP contribution in [0.15, 0.2) is 30.9 Å². The van der Waals surface area contributed by atoms with E-state index in [2.05, 4.69) is 15.0 Å². The first kappa shape index (κ1) is 20.2. The molecule has 0 spiro atoms. The van der Waals surface area contributed by atoms with Gasteiger partial charge in [-0.25, -0.2) is 4.68 Å². The number of hydrogen-bond acceptors (Lipinski definition) is 5. The third kappa shape index (κ3) is 4.12. The van der Waals surface area contributed by atoms with Crippen molar-refractivity contribution in [1.29, 1.82) is 0 Å². The van der Waals surface area contributed by atoms with Crippen LogP contribution in [-0.2, 0) is 4.79 Å². The van der Waals surface area contributed by atoms with Gasteiger partial charge in [0.15, 0.2) is 0 Å². The zero-order valence-corrected chi connectivity index (χ0v) is 17.7. The lowest BCUT2D eigenvalue weighted by Gasteiger charge is -2.39. The van der Waals surface area contributed by atoms with E-state index in [-0.39, 0.29) is 17.9 Å². The molecular weight excluding hydrogens is 390 g/mol. The Kier molecular flexibility index (Phi) is 5.53. The topological polar surface area (TPSA) is 74.5 Å². The van der Waals surface area contributed by atoms with Crippen molar-refractivity contribution in [3.8, 4) is 5.69 Å². The molecule has 8 heteroatoms. The Hall–Kier alpha value is -2.12. The highest BCUT2D eigenvalue weighted by molar-refractivity contribution is 6.30. The van der Waals surface area contributed by atoms with Gasteiger partial charge in [0, 0.05) is 37.9 Å². The first-order chi connectivity index (χ1) is 13.8. The maximum atomic E-state index is 13.1. The van der Waals surface area contributed by atoms with Gasteiger partial charge in [0.1, 0.15) is 0 Å². The molecule has 0 saturated carbocycles. The second-order valence-corrected chi connectivity index (χ2v) is 9.01. The number of aromatic nitrogens is 3. The number of aliphatic hydroxyl groups is 1. The molecule has 4 heterocycles. The molecule has 7 nitrogen and oxygen atoms in total. The van der Waals surface area contributed by atoms with Crippen LogP contribution >= 0.6 is 11.6 Å². The molecule has 4 rings (SSSR count). The summed E-state index contributed by atoms with van der Waals surface area (Å²) in [6, 6.07) is 1.84. The van der Waals surface area contributed by atoms with Gasteiger partial charge in [-0.2, -0.15) is 5.10 Å². The van der Waals surface area contributed by atoms with Crippen LogP contribution in [-0.4, -0.2) is 62.0 Å². The first-order valence-electron chi connectivity index (χ1n) is 10.3. The predicted octanol–water partition coefficient (Wildman–Crippen LogP) is 2.90. The highest BCUT2D eigenvalue weighted by atomic mass is 35.5. The SMILES string of the molecule is CC(C)(O)[C@H]1CCCN1C(=O)C1CCN(c2cnccc2-n2cc(Cl)cn2)CC1. The molecule has 2 aromatic rings. The fraction of sp³-hybridized carbons (Fsp3) is 0.571. The van der Waals surface area contributed by atoms with Gasteiger partial charge in [0.2, 0.25) is 5.91 Å². The summed E-state index contributed by atoms with van der Waals surface area (Å²) in [6.07, 6.45) is 10.4. The van der Waals surface area contributed by atoms with E-state index in [0.717, 1.165) is 56.7 Å². The summed E-state index contributed by atoms with van der Waals surface area (Å²) >= 11 is 6.04. The van der Waals surface area contributed by atoms with Gasteiger partial charge in [-0.1, -0.05) is 11.6 Å². The summed E-state index contributed by atoms with van der Waals surface area (Å²) < 4.78 is 1.76. The molecule has 0 bridgehead atoms. The first-order valence-corrected chi connectivity index (χ1v) is 10.6. The molecule has 2 aromatic heterocycles. The van der Waals surface area contributed by atoms with Crippen molar-refractivity contribution in [2.75, 3.05) is 24.5 Å². The van der Waals surface area contributed by atoms with Crippen LogP contribution in [0.2, 0.25) is 5.02 Å².